The van der Waals surface area contributed by atoms with Gasteiger partial charge in [-0.25, -0.2) is 4.79 Å². The molecule has 1 aromatic carbocycles. The maximum absolute atomic E-state index is 12.9. The second kappa shape index (κ2) is 7.44. The molecule has 3 atom stereocenters. The standard InChI is InChI=1S/C25H33NO4/c1-24(2)11-6-12-25(3)20(24)9-10-21(25)30-23(28)14-16-13-22(27)29-19-15-17(26(4)5)7-8-18(16)19/h7-8,13,15,20-21H,6,9-12,14H2,1-5H3/t20-,21-,25-/m0/s1. The Bertz CT molecular complexity index is 1020. The van der Waals surface area contributed by atoms with Gasteiger partial charge in [-0.05, 0) is 54.7 Å². The second-order valence-electron chi connectivity index (χ2n) is 10.3. The van der Waals surface area contributed by atoms with Crippen molar-refractivity contribution in [3.05, 3.63) is 40.2 Å². The summed E-state index contributed by atoms with van der Waals surface area (Å²) >= 11 is 0. The monoisotopic (exact) mass is 411 g/mol. The summed E-state index contributed by atoms with van der Waals surface area (Å²) in [6.07, 6.45) is 5.64. The first-order valence-corrected chi connectivity index (χ1v) is 11.0. The number of carbonyl (C=O) groups is 1. The van der Waals surface area contributed by atoms with Crippen molar-refractivity contribution in [1.29, 1.82) is 0 Å². The van der Waals surface area contributed by atoms with Gasteiger partial charge in [0.2, 0.25) is 0 Å². The van der Waals surface area contributed by atoms with E-state index in [-0.39, 0.29) is 23.9 Å². The van der Waals surface area contributed by atoms with E-state index in [0.29, 0.717) is 22.5 Å². The van der Waals surface area contributed by atoms with Crippen LogP contribution in [0.5, 0.6) is 0 Å². The van der Waals surface area contributed by atoms with Crippen LogP contribution in [0.15, 0.2) is 33.5 Å². The number of hydrogen-bond donors (Lipinski definition) is 0. The molecule has 5 nitrogen and oxygen atoms in total. The lowest BCUT2D eigenvalue weighted by molar-refractivity contribution is -0.157. The van der Waals surface area contributed by atoms with Crippen molar-refractivity contribution in [2.45, 2.75) is 65.4 Å². The van der Waals surface area contributed by atoms with Crippen LogP contribution in [-0.4, -0.2) is 26.2 Å². The van der Waals surface area contributed by atoms with E-state index in [1.807, 2.05) is 37.2 Å². The van der Waals surface area contributed by atoms with Gasteiger partial charge in [0.05, 0.1) is 6.42 Å². The zero-order valence-corrected chi connectivity index (χ0v) is 18.8. The number of rotatable bonds is 4. The molecule has 0 saturated heterocycles. The molecule has 2 saturated carbocycles. The lowest BCUT2D eigenvalue weighted by Gasteiger charge is -2.49. The molecule has 0 radical (unpaired) electrons. The fourth-order valence-electron chi connectivity index (χ4n) is 6.11. The lowest BCUT2D eigenvalue weighted by Crippen LogP contribution is -2.44. The van der Waals surface area contributed by atoms with Crippen LogP contribution >= 0.6 is 0 Å². The number of ether oxygens (including phenoxy) is 1. The quantitative estimate of drug-likeness (QED) is 0.527. The minimum Gasteiger partial charge on any atom is -0.462 e. The van der Waals surface area contributed by atoms with Gasteiger partial charge < -0.3 is 14.1 Å². The van der Waals surface area contributed by atoms with E-state index < -0.39 is 5.63 Å². The summed E-state index contributed by atoms with van der Waals surface area (Å²) in [6, 6.07) is 7.12. The molecule has 0 amide bonds. The third-order valence-corrected chi connectivity index (χ3v) is 7.67. The summed E-state index contributed by atoms with van der Waals surface area (Å²) in [6.45, 7) is 7.02. The summed E-state index contributed by atoms with van der Waals surface area (Å²) < 4.78 is 11.4. The van der Waals surface area contributed by atoms with Crippen molar-refractivity contribution in [3.63, 3.8) is 0 Å². The highest BCUT2D eigenvalue weighted by atomic mass is 16.5. The molecule has 0 bridgehead atoms. The van der Waals surface area contributed by atoms with Crippen LogP contribution in [0.2, 0.25) is 0 Å². The molecule has 2 fully saturated rings. The Morgan fingerprint density at radius 3 is 2.67 bits per heavy atom. The van der Waals surface area contributed by atoms with E-state index in [1.165, 1.54) is 18.9 Å². The molecule has 4 rings (SSSR count). The largest absolute Gasteiger partial charge is 0.462 e. The number of esters is 1. The summed E-state index contributed by atoms with van der Waals surface area (Å²) in [5.74, 6) is 0.333. The third kappa shape index (κ3) is 3.63. The number of nitrogens with zero attached hydrogens (tertiary/aromatic N) is 1. The summed E-state index contributed by atoms with van der Waals surface area (Å²) in [5, 5.41) is 0.784. The fraction of sp³-hybridized carbons (Fsp3) is 0.600. The zero-order chi connectivity index (χ0) is 21.7. The highest BCUT2D eigenvalue weighted by Gasteiger charge is 2.55. The fourth-order valence-corrected chi connectivity index (χ4v) is 6.11. The Hall–Kier alpha value is -2.30. The Balaban J connectivity index is 1.55. The van der Waals surface area contributed by atoms with E-state index in [0.717, 1.165) is 30.3 Å². The number of fused-ring (bicyclic) bond motifs is 2. The molecule has 162 valence electrons. The molecule has 0 aliphatic heterocycles. The van der Waals surface area contributed by atoms with Crippen LogP contribution < -0.4 is 10.5 Å². The molecular formula is C25H33NO4. The average Bonchev–Trinajstić information content (AvgIpc) is 2.98. The molecule has 5 heteroatoms. The van der Waals surface area contributed by atoms with Crippen molar-refractivity contribution in [2.75, 3.05) is 19.0 Å². The topological polar surface area (TPSA) is 59.8 Å². The molecule has 0 unspecified atom stereocenters. The molecule has 30 heavy (non-hydrogen) atoms. The van der Waals surface area contributed by atoms with Crippen molar-refractivity contribution in [1.82, 2.24) is 0 Å². The Kier molecular flexibility index (Phi) is 5.19. The Labute approximate surface area is 178 Å². The van der Waals surface area contributed by atoms with E-state index in [9.17, 15) is 9.59 Å². The van der Waals surface area contributed by atoms with Crippen LogP contribution in [0.1, 0.15) is 58.4 Å². The summed E-state index contributed by atoms with van der Waals surface area (Å²) in [4.78, 5) is 27.0. The van der Waals surface area contributed by atoms with Gasteiger partial charge in [0.1, 0.15) is 11.7 Å². The number of carbonyl (C=O) groups excluding carboxylic acids is 1. The van der Waals surface area contributed by atoms with E-state index in [4.69, 9.17) is 9.15 Å². The SMILES string of the molecule is CN(C)c1ccc2c(CC(=O)O[C@H]3CC[C@H]4C(C)(C)CCC[C@]34C)cc(=O)oc2c1. The minimum atomic E-state index is -0.442. The van der Waals surface area contributed by atoms with Gasteiger partial charge in [-0.3, -0.25) is 4.79 Å². The number of anilines is 1. The molecule has 2 aliphatic carbocycles. The van der Waals surface area contributed by atoms with Crippen LogP contribution in [0.3, 0.4) is 0 Å². The van der Waals surface area contributed by atoms with Crippen LogP contribution in [0, 0.1) is 16.7 Å². The molecule has 0 spiro atoms. The highest BCUT2D eigenvalue weighted by Crippen LogP contribution is 2.60. The van der Waals surface area contributed by atoms with E-state index in [2.05, 4.69) is 20.8 Å². The van der Waals surface area contributed by atoms with Gasteiger partial charge in [0.15, 0.2) is 0 Å². The van der Waals surface area contributed by atoms with Crippen molar-refractivity contribution < 1.29 is 13.9 Å². The van der Waals surface area contributed by atoms with Crippen LogP contribution in [0.4, 0.5) is 5.69 Å². The maximum atomic E-state index is 12.9. The normalized spacial score (nSPS) is 27.6. The highest BCUT2D eigenvalue weighted by molar-refractivity contribution is 5.87. The van der Waals surface area contributed by atoms with Gasteiger partial charge in [0.25, 0.3) is 0 Å². The summed E-state index contributed by atoms with van der Waals surface area (Å²) in [7, 11) is 3.87. The second-order valence-corrected chi connectivity index (χ2v) is 10.3. The smallest absolute Gasteiger partial charge is 0.336 e. The van der Waals surface area contributed by atoms with Crippen LogP contribution in [-0.2, 0) is 16.0 Å². The molecule has 1 heterocycles. The molecular weight excluding hydrogens is 378 g/mol. The van der Waals surface area contributed by atoms with Gasteiger partial charge in [0, 0.05) is 42.7 Å². The lowest BCUT2D eigenvalue weighted by atomic mass is 9.57. The predicted octanol–water partition coefficient (Wildman–Crippen LogP) is 4.94. The van der Waals surface area contributed by atoms with Crippen molar-refractivity contribution in [3.8, 4) is 0 Å². The predicted molar refractivity (Wildman–Crippen MR) is 119 cm³/mol. The minimum absolute atomic E-state index is 0.0405. The number of benzene rings is 1. The summed E-state index contributed by atoms with van der Waals surface area (Å²) in [5.41, 5.74) is 2.01. The number of hydrogen-bond acceptors (Lipinski definition) is 5. The van der Waals surface area contributed by atoms with E-state index in [1.54, 1.807) is 0 Å². The van der Waals surface area contributed by atoms with E-state index >= 15 is 0 Å². The van der Waals surface area contributed by atoms with Crippen LogP contribution in [0.25, 0.3) is 11.0 Å². The molecule has 2 aromatic rings. The Morgan fingerprint density at radius 1 is 1.17 bits per heavy atom. The van der Waals surface area contributed by atoms with Gasteiger partial charge in [-0.15, -0.1) is 0 Å². The Morgan fingerprint density at radius 2 is 1.93 bits per heavy atom. The van der Waals surface area contributed by atoms with Gasteiger partial charge in [-0.1, -0.05) is 27.2 Å². The first kappa shape index (κ1) is 21.0. The average molecular weight is 412 g/mol. The van der Waals surface area contributed by atoms with Gasteiger partial charge >= 0.3 is 11.6 Å². The molecule has 0 N–H and O–H groups in total. The third-order valence-electron chi connectivity index (χ3n) is 7.67. The molecule has 1 aromatic heterocycles. The van der Waals surface area contributed by atoms with Crippen molar-refractivity contribution >= 4 is 22.6 Å². The van der Waals surface area contributed by atoms with Gasteiger partial charge in [-0.2, -0.15) is 0 Å². The molecule has 2 aliphatic rings. The zero-order valence-electron chi connectivity index (χ0n) is 18.8. The van der Waals surface area contributed by atoms with Crippen molar-refractivity contribution in [2.24, 2.45) is 16.7 Å². The first-order valence-electron chi connectivity index (χ1n) is 11.0. The maximum Gasteiger partial charge on any atom is 0.336 e. The first-order chi connectivity index (χ1) is 14.1.